The van der Waals surface area contributed by atoms with Crippen LogP contribution in [0, 0.1) is 28.6 Å². The van der Waals surface area contributed by atoms with Crippen LogP contribution in [0.3, 0.4) is 0 Å². The molecule has 2 saturated carbocycles. The third-order valence-electron chi connectivity index (χ3n) is 7.74. The van der Waals surface area contributed by atoms with Crippen LogP contribution in [-0.2, 0) is 19.1 Å². The number of carbonyl (C=O) groups excluding carboxylic acids is 3. The number of esters is 1. The lowest BCUT2D eigenvalue weighted by molar-refractivity contribution is -0.149. The zero-order chi connectivity index (χ0) is 20.7. The Morgan fingerprint density at radius 1 is 1.29 bits per heavy atom. The fourth-order valence-corrected chi connectivity index (χ4v) is 6.09. The number of rotatable bonds is 5. The molecule has 28 heavy (non-hydrogen) atoms. The highest BCUT2D eigenvalue weighted by molar-refractivity contribution is 6.01. The SMILES string of the molecule is CCC1=CC(=O)C=CC1(C)C1CC2CCC(C(=O)COC(C)=O)C2(C)CC1O. The van der Waals surface area contributed by atoms with Gasteiger partial charge in [0.25, 0.3) is 0 Å². The van der Waals surface area contributed by atoms with Crippen molar-refractivity contribution in [1.29, 1.82) is 0 Å². The predicted molar refractivity (Wildman–Crippen MR) is 105 cm³/mol. The molecule has 1 N–H and O–H groups in total. The lowest BCUT2D eigenvalue weighted by Gasteiger charge is -2.51. The Morgan fingerprint density at radius 2 is 2.00 bits per heavy atom. The third kappa shape index (κ3) is 3.49. The van der Waals surface area contributed by atoms with Gasteiger partial charge in [0.2, 0.25) is 0 Å². The van der Waals surface area contributed by atoms with Crippen molar-refractivity contribution in [2.75, 3.05) is 6.61 Å². The number of hydrogen-bond acceptors (Lipinski definition) is 5. The van der Waals surface area contributed by atoms with Crippen LogP contribution in [0.4, 0.5) is 0 Å². The summed E-state index contributed by atoms with van der Waals surface area (Å²) in [6.07, 6.45) is 8.68. The number of aliphatic hydroxyl groups is 1. The molecule has 0 spiro atoms. The topological polar surface area (TPSA) is 80.7 Å². The molecule has 0 aromatic carbocycles. The van der Waals surface area contributed by atoms with Gasteiger partial charge in [-0.25, -0.2) is 0 Å². The Balaban J connectivity index is 1.81. The molecule has 0 amide bonds. The number of Topliss-reactive ketones (excluding diaryl/α,β-unsaturated/α-hetero) is 1. The summed E-state index contributed by atoms with van der Waals surface area (Å²) in [5.74, 6) is -0.264. The molecule has 0 aliphatic heterocycles. The standard InChI is InChI=1S/C23H32O5/c1-5-15-10-17(25)8-9-22(15,3)19-11-16-6-7-18(21(27)13-28-14(2)24)23(16,4)12-20(19)26/h8-10,16,18-20,26H,5-7,11-13H2,1-4H3. The van der Waals surface area contributed by atoms with E-state index in [1.165, 1.54) is 6.92 Å². The van der Waals surface area contributed by atoms with Crippen LogP contribution in [0.2, 0.25) is 0 Å². The zero-order valence-electron chi connectivity index (χ0n) is 17.4. The number of ketones is 2. The van der Waals surface area contributed by atoms with E-state index in [9.17, 15) is 19.5 Å². The molecule has 0 bridgehead atoms. The quantitative estimate of drug-likeness (QED) is 0.730. The van der Waals surface area contributed by atoms with Gasteiger partial charge in [0.05, 0.1) is 6.10 Å². The molecule has 3 rings (SSSR count). The molecule has 5 nitrogen and oxygen atoms in total. The maximum Gasteiger partial charge on any atom is 0.303 e. The smallest absolute Gasteiger partial charge is 0.303 e. The van der Waals surface area contributed by atoms with E-state index < -0.39 is 12.1 Å². The molecule has 0 radical (unpaired) electrons. The van der Waals surface area contributed by atoms with Crippen molar-refractivity contribution in [3.63, 3.8) is 0 Å². The van der Waals surface area contributed by atoms with E-state index in [1.54, 1.807) is 12.2 Å². The van der Waals surface area contributed by atoms with Crippen LogP contribution < -0.4 is 0 Å². The molecular formula is C23H32O5. The summed E-state index contributed by atoms with van der Waals surface area (Å²) in [5, 5.41) is 11.2. The first kappa shape index (κ1) is 21.0. The molecule has 154 valence electrons. The molecule has 0 saturated heterocycles. The fraction of sp³-hybridized carbons (Fsp3) is 0.696. The monoisotopic (exact) mass is 388 g/mol. The Labute approximate surface area is 167 Å². The van der Waals surface area contributed by atoms with Crippen molar-refractivity contribution in [2.24, 2.45) is 28.6 Å². The molecule has 0 heterocycles. The largest absolute Gasteiger partial charge is 0.458 e. The van der Waals surface area contributed by atoms with Gasteiger partial charge in [-0.15, -0.1) is 0 Å². The van der Waals surface area contributed by atoms with E-state index in [0.29, 0.717) is 12.3 Å². The molecule has 2 fully saturated rings. The molecule has 5 heteroatoms. The number of ether oxygens (including phenoxy) is 1. The van der Waals surface area contributed by atoms with Gasteiger partial charge in [-0.2, -0.15) is 0 Å². The van der Waals surface area contributed by atoms with Crippen molar-refractivity contribution in [1.82, 2.24) is 0 Å². The van der Waals surface area contributed by atoms with Crippen molar-refractivity contribution in [3.05, 3.63) is 23.8 Å². The summed E-state index contributed by atoms with van der Waals surface area (Å²) < 4.78 is 4.94. The minimum absolute atomic E-state index is 0.0152. The van der Waals surface area contributed by atoms with Crippen LogP contribution in [0.5, 0.6) is 0 Å². The second kappa shape index (κ2) is 7.58. The number of hydrogen-bond donors (Lipinski definition) is 1. The second-order valence-electron chi connectivity index (χ2n) is 9.23. The molecule has 0 aromatic heterocycles. The van der Waals surface area contributed by atoms with E-state index in [2.05, 4.69) is 20.8 Å². The summed E-state index contributed by atoms with van der Waals surface area (Å²) >= 11 is 0. The summed E-state index contributed by atoms with van der Waals surface area (Å²) in [6.45, 7) is 7.42. The first-order valence-electron chi connectivity index (χ1n) is 10.4. The van der Waals surface area contributed by atoms with Crippen molar-refractivity contribution in [2.45, 2.75) is 65.9 Å². The third-order valence-corrected chi connectivity index (χ3v) is 7.74. The Kier molecular flexibility index (Phi) is 5.68. The minimum atomic E-state index is -0.541. The Hall–Kier alpha value is -1.75. The van der Waals surface area contributed by atoms with Gasteiger partial charge in [0.1, 0.15) is 6.61 Å². The minimum Gasteiger partial charge on any atom is -0.458 e. The second-order valence-corrected chi connectivity index (χ2v) is 9.23. The number of fused-ring (bicyclic) bond motifs is 1. The number of carbonyl (C=O) groups is 3. The maximum absolute atomic E-state index is 12.7. The molecule has 3 aliphatic carbocycles. The Bertz CT molecular complexity index is 735. The average Bonchev–Trinajstić information content (AvgIpc) is 2.96. The van der Waals surface area contributed by atoms with E-state index in [4.69, 9.17) is 4.74 Å². The van der Waals surface area contributed by atoms with E-state index in [-0.39, 0.29) is 40.8 Å². The first-order valence-corrected chi connectivity index (χ1v) is 10.4. The van der Waals surface area contributed by atoms with Gasteiger partial charge in [-0.05, 0) is 61.5 Å². The molecule has 6 unspecified atom stereocenters. The summed E-state index contributed by atoms with van der Waals surface area (Å²) in [4.78, 5) is 35.6. The predicted octanol–water partition coefficient (Wildman–Crippen LogP) is 3.40. The summed E-state index contributed by atoms with van der Waals surface area (Å²) in [6, 6.07) is 0. The van der Waals surface area contributed by atoms with Gasteiger partial charge in [-0.3, -0.25) is 14.4 Å². The van der Waals surface area contributed by atoms with Gasteiger partial charge in [0, 0.05) is 18.3 Å². The highest BCUT2D eigenvalue weighted by Gasteiger charge is 2.57. The van der Waals surface area contributed by atoms with Crippen molar-refractivity contribution >= 4 is 17.5 Å². The van der Waals surface area contributed by atoms with Crippen molar-refractivity contribution in [3.8, 4) is 0 Å². The zero-order valence-corrected chi connectivity index (χ0v) is 17.4. The summed E-state index contributed by atoms with van der Waals surface area (Å²) in [7, 11) is 0. The molecule has 0 aromatic rings. The summed E-state index contributed by atoms with van der Waals surface area (Å²) in [5.41, 5.74) is 0.477. The molecule has 6 atom stereocenters. The average molecular weight is 389 g/mol. The van der Waals surface area contributed by atoms with Crippen LogP contribution in [0.15, 0.2) is 23.8 Å². The van der Waals surface area contributed by atoms with Gasteiger partial charge in [0.15, 0.2) is 11.6 Å². The van der Waals surface area contributed by atoms with E-state index >= 15 is 0 Å². The van der Waals surface area contributed by atoms with E-state index in [0.717, 1.165) is 31.3 Å². The number of allylic oxidation sites excluding steroid dienone is 4. The normalized spacial score (nSPS) is 40.0. The van der Waals surface area contributed by atoms with Crippen LogP contribution >= 0.6 is 0 Å². The van der Waals surface area contributed by atoms with Gasteiger partial charge >= 0.3 is 5.97 Å². The van der Waals surface area contributed by atoms with Crippen molar-refractivity contribution < 1.29 is 24.2 Å². The highest BCUT2D eigenvalue weighted by atomic mass is 16.5. The molecular weight excluding hydrogens is 356 g/mol. The maximum atomic E-state index is 12.7. The lowest BCUT2D eigenvalue weighted by atomic mass is 9.54. The van der Waals surface area contributed by atoms with Crippen LogP contribution in [-0.4, -0.2) is 35.4 Å². The van der Waals surface area contributed by atoms with E-state index in [1.807, 2.05) is 6.08 Å². The highest BCUT2D eigenvalue weighted by Crippen LogP contribution is 2.60. The molecule has 3 aliphatic rings. The van der Waals surface area contributed by atoms with Gasteiger partial charge in [-0.1, -0.05) is 32.4 Å². The van der Waals surface area contributed by atoms with Gasteiger partial charge < -0.3 is 9.84 Å². The van der Waals surface area contributed by atoms with Crippen LogP contribution in [0.25, 0.3) is 0 Å². The fourth-order valence-electron chi connectivity index (χ4n) is 6.09. The lowest BCUT2D eigenvalue weighted by Crippen LogP contribution is -2.49. The number of aliphatic hydroxyl groups excluding tert-OH is 1. The first-order chi connectivity index (χ1) is 13.1. The van der Waals surface area contributed by atoms with Crippen LogP contribution in [0.1, 0.15) is 59.8 Å². The Morgan fingerprint density at radius 3 is 2.64 bits per heavy atom.